The van der Waals surface area contributed by atoms with E-state index >= 15 is 0 Å². The average Bonchev–Trinajstić information content (AvgIpc) is 2.47. The number of hydrogen-bond donors (Lipinski definition) is 1. The summed E-state index contributed by atoms with van der Waals surface area (Å²) >= 11 is 12.4. The number of nitrogens with one attached hydrogen (secondary N) is 1. The van der Waals surface area contributed by atoms with Gasteiger partial charge < -0.3 is 10.1 Å². The Kier molecular flexibility index (Phi) is 6.66. The molecule has 1 aromatic carbocycles. The van der Waals surface area contributed by atoms with Gasteiger partial charge in [-0.2, -0.15) is 0 Å². The zero-order valence-electron chi connectivity index (χ0n) is 12.9. The van der Waals surface area contributed by atoms with Gasteiger partial charge in [0, 0.05) is 23.0 Å². The molecule has 4 heteroatoms. The molecule has 21 heavy (non-hydrogen) atoms. The van der Waals surface area contributed by atoms with E-state index in [0.717, 1.165) is 30.2 Å². The van der Waals surface area contributed by atoms with E-state index in [1.807, 2.05) is 6.07 Å². The van der Waals surface area contributed by atoms with Crippen LogP contribution in [0.2, 0.25) is 10.0 Å². The van der Waals surface area contributed by atoms with E-state index in [0.29, 0.717) is 22.7 Å². The molecule has 0 fully saturated rings. The number of hydrogen-bond acceptors (Lipinski definition) is 2. The third kappa shape index (κ3) is 4.51. The summed E-state index contributed by atoms with van der Waals surface area (Å²) < 4.78 is 5.71. The van der Waals surface area contributed by atoms with Crippen molar-refractivity contribution >= 4 is 23.2 Å². The van der Waals surface area contributed by atoms with Gasteiger partial charge in [0.15, 0.2) is 0 Å². The van der Waals surface area contributed by atoms with E-state index in [1.54, 1.807) is 6.07 Å². The second-order valence-corrected chi connectivity index (χ2v) is 6.66. The fraction of sp³-hybridized carbons (Fsp3) is 0.647. The van der Waals surface area contributed by atoms with Crippen molar-refractivity contribution < 1.29 is 4.74 Å². The summed E-state index contributed by atoms with van der Waals surface area (Å²) in [6, 6.07) is 4.02. The minimum absolute atomic E-state index is 0.292. The molecule has 0 aromatic heterocycles. The maximum atomic E-state index is 6.23. The molecule has 1 heterocycles. The summed E-state index contributed by atoms with van der Waals surface area (Å²) in [6.07, 6.45) is 6.06. The Balaban J connectivity index is 2.03. The zero-order valence-corrected chi connectivity index (χ0v) is 14.4. The summed E-state index contributed by atoms with van der Waals surface area (Å²) in [7, 11) is 0. The molecule has 118 valence electrons. The predicted molar refractivity (Wildman–Crippen MR) is 90.6 cm³/mol. The lowest BCUT2D eigenvalue weighted by Crippen LogP contribution is -2.31. The van der Waals surface area contributed by atoms with Crippen molar-refractivity contribution in [3.05, 3.63) is 27.7 Å². The van der Waals surface area contributed by atoms with Gasteiger partial charge in [-0.15, -0.1) is 0 Å². The van der Waals surface area contributed by atoms with E-state index in [1.165, 1.54) is 25.7 Å². The highest BCUT2D eigenvalue weighted by Gasteiger charge is 2.24. The van der Waals surface area contributed by atoms with Crippen LogP contribution in [0.4, 0.5) is 0 Å². The fourth-order valence-electron chi connectivity index (χ4n) is 2.89. The van der Waals surface area contributed by atoms with Crippen LogP contribution in [0.25, 0.3) is 0 Å². The lowest BCUT2D eigenvalue weighted by atomic mass is 9.96. The van der Waals surface area contributed by atoms with Gasteiger partial charge in [0.05, 0.1) is 11.6 Å². The SMILES string of the molecule is CCCCC(CC)CNC1CCOc2c(Cl)cc(Cl)cc21. The van der Waals surface area contributed by atoms with Gasteiger partial charge in [-0.3, -0.25) is 0 Å². The minimum Gasteiger partial charge on any atom is -0.492 e. The summed E-state index contributed by atoms with van der Waals surface area (Å²) in [5.74, 6) is 1.54. The van der Waals surface area contributed by atoms with Crippen LogP contribution in [-0.4, -0.2) is 13.2 Å². The van der Waals surface area contributed by atoms with Crippen LogP contribution < -0.4 is 10.1 Å². The van der Waals surface area contributed by atoms with E-state index in [4.69, 9.17) is 27.9 Å². The van der Waals surface area contributed by atoms with E-state index in [2.05, 4.69) is 19.2 Å². The summed E-state index contributed by atoms with van der Waals surface area (Å²) in [5, 5.41) is 4.98. The lowest BCUT2D eigenvalue weighted by molar-refractivity contribution is 0.246. The van der Waals surface area contributed by atoms with Gasteiger partial charge in [0.25, 0.3) is 0 Å². The molecule has 0 spiro atoms. The molecule has 2 unspecified atom stereocenters. The van der Waals surface area contributed by atoms with Gasteiger partial charge in [-0.05, 0) is 31.0 Å². The predicted octanol–water partition coefficient (Wildman–Crippen LogP) is 5.62. The number of unbranched alkanes of at least 4 members (excludes halogenated alkanes) is 1. The molecule has 1 aliphatic heterocycles. The van der Waals surface area contributed by atoms with Gasteiger partial charge in [-0.1, -0.05) is 56.3 Å². The van der Waals surface area contributed by atoms with Crippen LogP contribution in [0, 0.1) is 5.92 Å². The maximum Gasteiger partial charge on any atom is 0.142 e. The molecule has 0 bridgehead atoms. The van der Waals surface area contributed by atoms with Gasteiger partial charge in [0.2, 0.25) is 0 Å². The molecule has 0 saturated carbocycles. The third-order valence-electron chi connectivity index (χ3n) is 4.26. The van der Waals surface area contributed by atoms with Crippen molar-refractivity contribution in [3.63, 3.8) is 0 Å². The molecular weight excluding hydrogens is 305 g/mol. The highest BCUT2D eigenvalue weighted by atomic mass is 35.5. The Morgan fingerprint density at radius 1 is 1.33 bits per heavy atom. The number of ether oxygens (including phenoxy) is 1. The number of halogens is 2. The van der Waals surface area contributed by atoms with Gasteiger partial charge in [-0.25, -0.2) is 0 Å². The Morgan fingerprint density at radius 2 is 2.14 bits per heavy atom. The Bertz CT molecular complexity index is 464. The maximum absolute atomic E-state index is 6.23. The van der Waals surface area contributed by atoms with Crippen LogP contribution in [-0.2, 0) is 0 Å². The first kappa shape index (κ1) is 16.9. The molecule has 2 nitrogen and oxygen atoms in total. The quantitative estimate of drug-likeness (QED) is 0.700. The Hall–Kier alpha value is -0.440. The Morgan fingerprint density at radius 3 is 2.86 bits per heavy atom. The lowest BCUT2D eigenvalue weighted by Gasteiger charge is -2.29. The van der Waals surface area contributed by atoms with Crippen LogP contribution in [0.5, 0.6) is 5.75 Å². The summed E-state index contributed by atoms with van der Waals surface area (Å²) in [5.41, 5.74) is 1.10. The second-order valence-electron chi connectivity index (χ2n) is 5.82. The molecule has 1 aromatic rings. The number of rotatable bonds is 7. The monoisotopic (exact) mass is 329 g/mol. The van der Waals surface area contributed by atoms with Gasteiger partial charge in [0.1, 0.15) is 5.75 Å². The molecule has 1 N–H and O–H groups in total. The van der Waals surface area contributed by atoms with Crippen molar-refractivity contribution in [2.45, 2.75) is 52.0 Å². The first-order chi connectivity index (χ1) is 10.2. The Labute approximate surface area is 138 Å². The van der Waals surface area contributed by atoms with Crippen molar-refractivity contribution in [3.8, 4) is 5.75 Å². The van der Waals surface area contributed by atoms with E-state index in [9.17, 15) is 0 Å². The van der Waals surface area contributed by atoms with Crippen LogP contribution in [0.3, 0.4) is 0 Å². The minimum atomic E-state index is 0.292. The van der Waals surface area contributed by atoms with Crippen molar-refractivity contribution in [2.24, 2.45) is 5.92 Å². The molecule has 0 saturated heterocycles. The van der Waals surface area contributed by atoms with Crippen LogP contribution >= 0.6 is 23.2 Å². The fourth-order valence-corrected chi connectivity index (χ4v) is 3.45. The van der Waals surface area contributed by atoms with Crippen molar-refractivity contribution in [1.82, 2.24) is 5.32 Å². The van der Waals surface area contributed by atoms with Crippen molar-refractivity contribution in [2.75, 3.05) is 13.2 Å². The number of fused-ring (bicyclic) bond motifs is 1. The molecule has 2 rings (SSSR count). The molecule has 2 atom stereocenters. The smallest absolute Gasteiger partial charge is 0.142 e. The molecule has 0 amide bonds. The summed E-state index contributed by atoms with van der Waals surface area (Å²) in [6.45, 7) is 6.27. The highest BCUT2D eigenvalue weighted by Crippen LogP contribution is 2.40. The number of benzene rings is 1. The molecule has 0 aliphatic carbocycles. The standard InChI is InChI=1S/C17H25Cl2NO/c1-3-5-6-12(4-2)11-20-16-7-8-21-17-14(16)9-13(18)10-15(17)19/h9-10,12,16,20H,3-8,11H2,1-2H3. The average molecular weight is 330 g/mol. The molecular formula is C17H25Cl2NO. The summed E-state index contributed by atoms with van der Waals surface area (Å²) in [4.78, 5) is 0. The molecule has 1 aliphatic rings. The first-order valence-electron chi connectivity index (χ1n) is 8.00. The normalized spacial score (nSPS) is 19.0. The van der Waals surface area contributed by atoms with Gasteiger partial charge >= 0.3 is 0 Å². The van der Waals surface area contributed by atoms with E-state index < -0.39 is 0 Å². The van der Waals surface area contributed by atoms with Crippen molar-refractivity contribution in [1.29, 1.82) is 0 Å². The second kappa shape index (κ2) is 8.26. The zero-order chi connectivity index (χ0) is 15.2. The van der Waals surface area contributed by atoms with Crippen LogP contribution in [0.1, 0.15) is 57.6 Å². The first-order valence-corrected chi connectivity index (χ1v) is 8.76. The van der Waals surface area contributed by atoms with E-state index in [-0.39, 0.29) is 0 Å². The third-order valence-corrected chi connectivity index (χ3v) is 4.76. The van der Waals surface area contributed by atoms with Crippen LogP contribution in [0.15, 0.2) is 12.1 Å². The molecule has 0 radical (unpaired) electrons. The highest BCUT2D eigenvalue weighted by molar-refractivity contribution is 6.35. The topological polar surface area (TPSA) is 21.3 Å². The largest absolute Gasteiger partial charge is 0.492 e.